The number of benzene rings is 1. The number of nitrogens with zero attached hydrogens (tertiary/aromatic N) is 1. The Labute approximate surface area is 97.7 Å². The minimum Gasteiger partial charge on any atom is -0.335 e. The zero-order valence-electron chi connectivity index (χ0n) is 8.37. The quantitative estimate of drug-likeness (QED) is 0.753. The first kappa shape index (κ1) is 10.4. The van der Waals surface area contributed by atoms with Gasteiger partial charge in [0.05, 0.1) is 0 Å². The Balaban J connectivity index is 2.34. The molecule has 2 rings (SSSR count). The summed E-state index contributed by atoms with van der Waals surface area (Å²) in [6, 6.07) is 5.82. The van der Waals surface area contributed by atoms with Crippen molar-refractivity contribution in [3.63, 3.8) is 0 Å². The highest BCUT2D eigenvalue weighted by atomic mass is 79.9. The Morgan fingerprint density at radius 2 is 2.33 bits per heavy atom. The van der Waals surface area contributed by atoms with Gasteiger partial charge in [0.25, 0.3) is 5.91 Å². The first-order valence-electron chi connectivity index (χ1n) is 4.91. The zero-order chi connectivity index (χ0) is 10.8. The van der Waals surface area contributed by atoms with Crippen molar-refractivity contribution in [3.8, 4) is 0 Å². The number of carbonyl (C=O) groups excluding carboxylic acids is 1. The highest BCUT2D eigenvalue weighted by Crippen LogP contribution is 2.22. The van der Waals surface area contributed by atoms with Crippen molar-refractivity contribution in [1.82, 2.24) is 4.90 Å². The lowest BCUT2D eigenvalue weighted by Gasteiger charge is -2.27. The smallest absolute Gasteiger partial charge is 0.254 e. The number of hydrogen-bond donors (Lipinski definition) is 0. The first-order chi connectivity index (χ1) is 7.22. The van der Waals surface area contributed by atoms with Crippen LogP contribution in [-0.4, -0.2) is 23.9 Å². The molecule has 1 aromatic rings. The van der Waals surface area contributed by atoms with Gasteiger partial charge in [-0.3, -0.25) is 4.79 Å². The van der Waals surface area contributed by atoms with Crippen LogP contribution in [0.2, 0.25) is 0 Å². The minimum atomic E-state index is 0.114. The SMILES string of the molecule is C=CCN1CCc2cc(Br)ccc2C1=O. The molecule has 78 valence electrons. The van der Waals surface area contributed by atoms with Crippen molar-refractivity contribution < 1.29 is 4.79 Å². The van der Waals surface area contributed by atoms with E-state index < -0.39 is 0 Å². The summed E-state index contributed by atoms with van der Waals surface area (Å²) in [6.07, 6.45) is 2.69. The van der Waals surface area contributed by atoms with Crippen LogP contribution in [0.5, 0.6) is 0 Å². The average molecular weight is 266 g/mol. The molecule has 0 spiro atoms. The number of carbonyl (C=O) groups is 1. The molecule has 0 unspecified atom stereocenters. The van der Waals surface area contributed by atoms with Crippen LogP contribution in [-0.2, 0) is 6.42 Å². The van der Waals surface area contributed by atoms with E-state index in [0.29, 0.717) is 6.54 Å². The maximum atomic E-state index is 12.0. The van der Waals surface area contributed by atoms with Crippen LogP contribution in [0, 0.1) is 0 Å². The van der Waals surface area contributed by atoms with Crippen molar-refractivity contribution in [1.29, 1.82) is 0 Å². The average Bonchev–Trinajstić information content (AvgIpc) is 2.22. The van der Waals surface area contributed by atoms with Crippen LogP contribution in [0.15, 0.2) is 35.3 Å². The maximum absolute atomic E-state index is 12.0. The maximum Gasteiger partial charge on any atom is 0.254 e. The molecule has 15 heavy (non-hydrogen) atoms. The van der Waals surface area contributed by atoms with Crippen LogP contribution >= 0.6 is 15.9 Å². The van der Waals surface area contributed by atoms with Crippen LogP contribution < -0.4 is 0 Å². The fourth-order valence-corrected chi connectivity index (χ4v) is 2.24. The second-order valence-corrected chi connectivity index (χ2v) is 4.51. The van der Waals surface area contributed by atoms with Gasteiger partial charge >= 0.3 is 0 Å². The van der Waals surface area contributed by atoms with Crippen molar-refractivity contribution in [2.75, 3.05) is 13.1 Å². The van der Waals surface area contributed by atoms with E-state index in [1.54, 1.807) is 6.08 Å². The van der Waals surface area contributed by atoms with Crippen LogP contribution in [0.25, 0.3) is 0 Å². The van der Waals surface area contributed by atoms with Gasteiger partial charge in [-0.15, -0.1) is 6.58 Å². The van der Waals surface area contributed by atoms with Crippen LogP contribution in [0.1, 0.15) is 15.9 Å². The number of halogens is 1. The van der Waals surface area contributed by atoms with Gasteiger partial charge in [0.2, 0.25) is 0 Å². The summed E-state index contributed by atoms with van der Waals surface area (Å²) in [7, 11) is 0. The summed E-state index contributed by atoms with van der Waals surface area (Å²) < 4.78 is 1.03. The molecule has 1 aliphatic rings. The van der Waals surface area contributed by atoms with Gasteiger partial charge in [-0.05, 0) is 30.2 Å². The highest BCUT2D eigenvalue weighted by Gasteiger charge is 2.22. The van der Waals surface area contributed by atoms with E-state index in [0.717, 1.165) is 28.6 Å². The molecular weight excluding hydrogens is 254 g/mol. The summed E-state index contributed by atoms with van der Waals surface area (Å²) in [6.45, 7) is 5.08. The van der Waals surface area contributed by atoms with E-state index in [-0.39, 0.29) is 5.91 Å². The Bertz CT molecular complexity index is 414. The summed E-state index contributed by atoms with van der Waals surface area (Å²) in [5.74, 6) is 0.114. The van der Waals surface area contributed by atoms with Gasteiger partial charge in [-0.2, -0.15) is 0 Å². The molecule has 3 heteroatoms. The van der Waals surface area contributed by atoms with Crippen molar-refractivity contribution in [2.45, 2.75) is 6.42 Å². The van der Waals surface area contributed by atoms with E-state index in [2.05, 4.69) is 22.5 Å². The molecule has 0 fully saturated rings. The molecule has 1 aliphatic heterocycles. The van der Waals surface area contributed by atoms with Gasteiger partial charge in [0.15, 0.2) is 0 Å². The highest BCUT2D eigenvalue weighted by molar-refractivity contribution is 9.10. The molecule has 0 bridgehead atoms. The summed E-state index contributed by atoms with van der Waals surface area (Å²) in [5.41, 5.74) is 1.96. The van der Waals surface area contributed by atoms with Crippen molar-refractivity contribution >= 4 is 21.8 Å². The summed E-state index contributed by atoms with van der Waals surface area (Å²) >= 11 is 3.42. The van der Waals surface area contributed by atoms with E-state index in [9.17, 15) is 4.79 Å². The Morgan fingerprint density at radius 1 is 1.53 bits per heavy atom. The molecule has 2 nitrogen and oxygen atoms in total. The number of rotatable bonds is 2. The Hall–Kier alpha value is -1.09. The number of hydrogen-bond acceptors (Lipinski definition) is 1. The normalized spacial score (nSPS) is 15.0. The first-order valence-corrected chi connectivity index (χ1v) is 5.70. The largest absolute Gasteiger partial charge is 0.335 e. The predicted molar refractivity (Wildman–Crippen MR) is 63.9 cm³/mol. The molecule has 1 heterocycles. The van der Waals surface area contributed by atoms with E-state index in [1.165, 1.54) is 0 Å². The second-order valence-electron chi connectivity index (χ2n) is 3.59. The molecular formula is C12H12BrNO. The van der Waals surface area contributed by atoms with E-state index >= 15 is 0 Å². The standard InChI is InChI=1S/C12H12BrNO/c1-2-6-14-7-5-9-8-10(13)3-4-11(9)12(14)15/h2-4,8H,1,5-7H2. The van der Waals surface area contributed by atoms with Gasteiger partial charge in [-0.25, -0.2) is 0 Å². The molecule has 0 aromatic heterocycles. The molecule has 1 aromatic carbocycles. The topological polar surface area (TPSA) is 20.3 Å². The lowest BCUT2D eigenvalue weighted by Crippen LogP contribution is -2.37. The van der Waals surface area contributed by atoms with E-state index in [4.69, 9.17) is 0 Å². The minimum absolute atomic E-state index is 0.114. The lowest BCUT2D eigenvalue weighted by atomic mass is 9.99. The molecule has 0 aliphatic carbocycles. The molecule has 0 radical (unpaired) electrons. The Morgan fingerprint density at radius 3 is 3.07 bits per heavy atom. The van der Waals surface area contributed by atoms with Gasteiger partial charge in [-0.1, -0.05) is 22.0 Å². The second kappa shape index (κ2) is 4.19. The monoisotopic (exact) mass is 265 g/mol. The van der Waals surface area contributed by atoms with Crippen molar-refractivity contribution in [3.05, 3.63) is 46.5 Å². The van der Waals surface area contributed by atoms with Gasteiger partial charge < -0.3 is 4.90 Å². The van der Waals surface area contributed by atoms with Crippen molar-refractivity contribution in [2.24, 2.45) is 0 Å². The third kappa shape index (κ3) is 1.97. The van der Waals surface area contributed by atoms with Crippen LogP contribution in [0.4, 0.5) is 0 Å². The molecule has 0 saturated carbocycles. The molecule has 0 saturated heterocycles. The summed E-state index contributed by atoms with van der Waals surface area (Å²) in [5, 5.41) is 0. The third-order valence-corrected chi connectivity index (χ3v) is 3.08. The molecule has 0 N–H and O–H groups in total. The number of amides is 1. The lowest BCUT2D eigenvalue weighted by molar-refractivity contribution is 0.0759. The zero-order valence-corrected chi connectivity index (χ0v) is 9.96. The Kier molecular flexibility index (Phi) is 2.91. The number of fused-ring (bicyclic) bond motifs is 1. The molecule has 1 amide bonds. The van der Waals surface area contributed by atoms with E-state index in [1.807, 2.05) is 23.1 Å². The van der Waals surface area contributed by atoms with Gasteiger partial charge in [0, 0.05) is 23.1 Å². The van der Waals surface area contributed by atoms with Gasteiger partial charge in [0.1, 0.15) is 0 Å². The predicted octanol–water partition coefficient (Wildman–Crippen LogP) is 2.63. The fourth-order valence-electron chi connectivity index (χ4n) is 1.84. The third-order valence-electron chi connectivity index (χ3n) is 2.59. The fraction of sp³-hybridized carbons (Fsp3) is 0.250. The summed E-state index contributed by atoms with van der Waals surface area (Å²) in [4.78, 5) is 13.8. The molecule has 0 atom stereocenters. The van der Waals surface area contributed by atoms with Crippen LogP contribution in [0.3, 0.4) is 0 Å².